The molecule has 90 valence electrons. The number of carbonyl (C=O) groups excluding carboxylic acids is 1. The molecule has 0 aromatic carbocycles. The van der Waals surface area contributed by atoms with Crippen LogP contribution >= 0.6 is 0 Å². The Morgan fingerprint density at radius 3 is 2.44 bits per heavy atom. The van der Waals surface area contributed by atoms with Crippen molar-refractivity contribution in [1.29, 1.82) is 5.26 Å². The normalized spacial score (nSPS) is 30.9. The van der Waals surface area contributed by atoms with Gasteiger partial charge in [-0.2, -0.15) is 5.26 Å². The van der Waals surface area contributed by atoms with E-state index in [2.05, 4.69) is 19.9 Å². The molecule has 0 aromatic heterocycles. The Morgan fingerprint density at radius 2 is 2.06 bits per heavy atom. The summed E-state index contributed by atoms with van der Waals surface area (Å²) in [5, 5.41) is 9.32. The predicted octanol–water partition coefficient (Wildman–Crippen LogP) is 2.76. The highest BCUT2D eigenvalue weighted by molar-refractivity contribution is 5.86. The predicted molar refractivity (Wildman–Crippen MR) is 61.4 cm³/mol. The molecular weight excluding hydrogens is 202 g/mol. The Labute approximate surface area is 97.8 Å². The first-order valence-corrected chi connectivity index (χ1v) is 5.93. The van der Waals surface area contributed by atoms with Crippen molar-refractivity contribution in [2.45, 2.75) is 41.0 Å². The zero-order chi connectivity index (χ0) is 12.6. The lowest BCUT2D eigenvalue weighted by atomic mass is 9.97. The average Bonchev–Trinajstić information content (AvgIpc) is 2.63. The standard InChI is InChI=1S/C13H21NO2/c1-6-16-11(15)13(8-14)10(7-9(2)3)12(13,4)5/h9-10H,6-7H2,1-5H3. The highest BCUT2D eigenvalue weighted by Gasteiger charge is 2.77. The molecule has 1 fully saturated rings. The smallest absolute Gasteiger partial charge is 0.327 e. The molecule has 1 saturated carbocycles. The summed E-state index contributed by atoms with van der Waals surface area (Å²) < 4.78 is 5.05. The van der Waals surface area contributed by atoms with E-state index >= 15 is 0 Å². The molecule has 0 aromatic rings. The largest absolute Gasteiger partial charge is 0.465 e. The third kappa shape index (κ3) is 1.61. The molecule has 3 nitrogen and oxygen atoms in total. The van der Waals surface area contributed by atoms with Gasteiger partial charge in [-0.15, -0.1) is 0 Å². The first-order chi connectivity index (χ1) is 7.34. The van der Waals surface area contributed by atoms with E-state index in [9.17, 15) is 10.1 Å². The van der Waals surface area contributed by atoms with Gasteiger partial charge in [-0.05, 0) is 30.6 Å². The van der Waals surface area contributed by atoms with E-state index in [4.69, 9.17) is 4.74 Å². The van der Waals surface area contributed by atoms with Crippen LogP contribution in [0.5, 0.6) is 0 Å². The van der Waals surface area contributed by atoms with Gasteiger partial charge in [0.15, 0.2) is 5.41 Å². The van der Waals surface area contributed by atoms with Crippen LogP contribution in [-0.4, -0.2) is 12.6 Å². The van der Waals surface area contributed by atoms with Crippen LogP contribution in [0.1, 0.15) is 41.0 Å². The third-order valence-corrected chi connectivity index (χ3v) is 3.81. The van der Waals surface area contributed by atoms with Gasteiger partial charge in [0.25, 0.3) is 0 Å². The molecule has 0 amide bonds. The summed E-state index contributed by atoms with van der Waals surface area (Å²) in [5.41, 5.74) is -1.16. The lowest BCUT2D eigenvalue weighted by molar-refractivity contribution is -0.148. The molecule has 0 aliphatic heterocycles. The molecule has 16 heavy (non-hydrogen) atoms. The average molecular weight is 223 g/mol. The van der Waals surface area contributed by atoms with Crippen molar-refractivity contribution in [3.8, 4) is 6.07 Å². The summed E-state index contributed by atoms with van der Waals surface area (Å²) in [5.74, 6) is 0.283. The number of esters is 1. The molecule has 3 heteroatoms. The van der Waals surface area contributed by atoms with Crippen molar-refractivity contribution in [1.82, 2.24) is 0 Å². The Balaban J connectivity index is 2.91. The molecule has 0 heterocycles. The molecule has 0 bridgehead atoms. The lowest BCUT2D eigenvalue weighted by Gasteiger charge is -2.10. The second-order valence-corrected chi connectivity index (χ2v) is 5.54. The van der Waals surface area contributed by atoms with E-state index < -0.39 is 5.41 Å². The van der Waals surface area contributed by atoms with E-state index in [1.54, 1.807) is 6.92 Å². The summed E-state index contributed by atoms with van der Waals surface area (Å²) in [6, 6.07) is 2.21. The Kier molecular flexibility index (Phi) is 3.33. The highest BCUT2D eigenvalue weighted by Crippen LogP contribution is 2.71. The molecule has 0 saturated heterocycles. The van der Waals surface area contributed by atoms with Gasteiger partial charge >= 0.3 is 5.97 Å². The molecule has 1 aliphatic carbocycles. The van der Waals surface area contributed by atoms with E-state index in [-0.39, 0.29) is 17.3 Å². The zero-order valence-corrected chi connectivity index (χ0v) is 10.8. The number of ether oxygens (including phenoxy) is 1. The zero-order valence-electron chi connectivity index (χ0n) is 10.8. The highest BCUT2D eigenvalue weighted by atomic mass is 16.5. The van der Waals surface area contributed by atoms with Crippen LogP contribution in [0, 0.1) is 34.0 Å². The van der Waals surface area contributed by atoms with E-state index in [1.165, 1.54) is 0 Å². The fourth-order valence-electron chi connectivity index (χ4n) is 2.73. The molecular formula is C13H21NO2. The Hall–Kier alpha value is -1.04. The minimum absolute atomic E-state index is 0.129. The Morgan fingerprint density at radius 1 is 1.50 bits per heavy atom. The fourth-order valence-corrected chi connectivity index (χ4v) is 2.73. The molecule has 2 unspecified atom stereocenters. The summed E-state index contributed by atoms with van der Waals surface area (Å²) >= 11 is 0. The Bertz CT molecular complexity index is 327. The summed E-state index contributed by atoms with van der Waals surface area (Å²) in [6.45, 7) is 10.3. The summed E-state index contributed by atoms with van der Waals surface area (Å²) in [6.07, 6.45) is 0.902. The van der Waals surface area contributed by atoms with Crippen molar-refractivity contribution in [2.75, 3.05) is 6.61 Å². The molecule has 1 aliphatic rings. The van der Waals surface area contributed by atoms with Gasteiger partial charge in [-0.25, -0.2) is 0 Å². The van der Waals surface area contributed by atoms with Gasteiger partial charge < -0.3 is 4.74 Å². The van der Waals surface area contributed by atoms with Crippen LogP contribution < -0.4 is 0 Å². The lowest BCUT2D eigenvalue weighted by Crippen LogP contribution is -2.23. The number of hydrogen-bond donors (Lipinski definition) is 0. The number of nitrogens with zero attached hydrogens (tertiary/aromatic N) is 1. The van der Waals surface area contributed by atoms with Crippen molar-refractivity contribution in [3.63, 3.8) is 0 Å². The second-order valence-electron chi connectivity index (χ2n) is 5.54. The van der Waals surface area contributed by atoms with Gasteiger partial charge in [-0.3, -0.25) is 4.79 Å². The van der Waals surface area contributed by atoms with Gasteiger partial charge in [0.1, 0.15) is 0 Å². The quantitative estimate of drug-likeness (QED) is 0.688. The number of nitriles is 1. The van der Waals surface area contributed by atoms with Crippen LogP contribution in [0.4, 0.5) is 0 Å². The molecule has 0 radical (unpaired) electrons. The number of rotatable bonds is 4. The van der Waals surface area contributed by atoms with E-state index in [0.717, 1.165) is 6.42 Å². The second kappa shape index (κ2) is 4.08. The molecule has 2 atom stereocenters. The number of hydrogen-bond acceptors (Lipinski definition) is 3. The monoisotopic (exact) mass is 223 g/mol. The topological polar surface area (TPSA) is 50.1 Å². The van der Waals surface area contributed by atoms with E-state index in [0.29, 0.717) is 12.5 Å². The number of carbonyl (C=O) groups is 1. The van der Waals surface area contributed by atoms with E-state index in [1.807, 2.05) is 13.8 Å². The third-order valence-electron chi connectivity index (χ3n) is 3.81. The van der Waals surface area contributed by atoms with Crippen LogP contribution in [0.25, 0.3) is 0 Å². The minimum atomic E-state index is -0.909. The minimum Gasteiger partial charge on any atom is -0.465 e. The van der Waals surface area contributed by atoms with Crippen LogP contribution in [0.15, 0.2) is 0 Å². The van der Waals surface area contributed by atoms with Crippen molar-refractivity contribution in [3.05, 3.63) is 0 Å². The maximum absolute atomic E-state index is 11.9. The molecule has 1 rings (SSSR count). The maximum Gasteiger partial charge on any atom is 0.327 e. The van der Waals surface area contributed by atoms with Crippen molar-refractivity contribution < 1.29 is 9.53 Å². The van der Waals surface area contributed by atoms with Gasteiger partial charge in [0.2, 0.25) is 0 Å². The fraction of sp³-hybridized carbons (Fsp3) is 0.846. The van der Waals surface area contributed by atoms with Crippen molar-refractivity contribution >= 4 is 5.97 Å². The summed E-state index contributed by atoms with van der Waals surface area (Å²) in [4.78, 5) is 11.9. The van der Waals surface area contributed by atoms with Crippen LogP contribution in [0.2, 0.25) is 0 Å². The van der Waals surface area contributed by atoms with Crippen LogP contribution in [-0.2, 0) is 9.53 Å². The first kappa shape index (κ1) is 13.0. The first-order valence-electron chi connectivity index (χ1n) is 5.93. The summed E-state index contributed by atoms with van der Waals surface area (Å²) in [7, 11) is 0. The van der Waals surface area contributed by atoms with Crippen molar-refractivity contribution in [2.24, 2.45) is 22.7 Å². The molecule has 0 spiro atoms. The van der Waals surface area contributed by atoms with Gasteiger partial charge in [0.05, 0.1) is 12.7 Å². The SMILES string of the molecule is CCOC(=O)C1(C#N)C(CC(C)C)C1(C)C. The van der Waals surface area contributed by atoms with Gasteiger partial charge in [0, 0.05) is 0 Å². The molecule has 0 N–H and O–H groups in total. The maximum atomic E-state index is 11.9. The van der Waals surface area contributed by atoms with Crippen LogP contribution in [0.3, 0.4) is 0 Å². The van der Waals surface area contributed by atoms with Gasteiger partial charge in [-0.1, -0.05) is 27.7 Å².